The fraction of sp³-hybridized carbons (Fsp3) is 0.200. The Hall–Kier alpha value is -4.30. The van der Waals surface area contributed by atoms with Crippen LogP contribution in [0.1, 0.15) is 39.9 Å². The van der Waals surface area contributed by atoms with Gasteiger partial charge in [-0.15, -0.1) is 13.2 Å². The van der Waals surface area contributed by atoms with Gasteiger partial charge >= 0.3 is 18.7 Å². The first kappa shape index (κ1) is 32.6. The van der Waals surface area contributed by atoms with E-state index in [0.29, 0.717) is 6.07 Å². The molecule has 2 unspecified atom stereocenters. The molecule has 0 aliphatic heterocycles. The van der Waals surface area contributed by atoms with E-state index in [-0.39, 0.29) is 34.3 Å². The highest BCUT2D eigenvalue weighted by molar-refractivity contribution is 5.42. The molecule has 14 heteroatoms. The van der Waals surface area contributed by atoms with Gasteiger partial charge < -0.3 is 14.6 Å². The van der Waals surface area contributed by atoms with Gasteiger partial charge in [0.1, 0.15) is 23.1 Å². The van der Waals surface area contributed by atoms with Crippen LogP contribution < -0.4 is 14.8 Å². The maximum absolute atomic E-state index is 15.2. The Bertz CT molecular complexity index is 1570. The summed E-state index contributed by atoms with van der Waals surface area (Å²) in [4.78, 5) is 0. The van der Waals surface area contributed by atoms with Gasteiger partial charge in [-0.25, -0.2) is 4.39 Å². The molecule has 4 nitrogen and oxygen atoms in total. The minimum atomic E-state index is -4.91. The van der Waals surface area contributed by atoms with Crippen molar-refractivity contribution in [2.75, 3.05) is 6.61 Å². The summed E-state index contributed by atoms with van der Waals surface area (Å²) < 4.78 is 142. The zero-order valence-electron chi connectivity index (χ0n) is 22.1. The molecule has 4 aromatic carbocycles. The number of ether oxygens (including phenoxy) is 2. The van der Waals surface area contributed by atoms with Crippen molar-refractivity contribution >= 4 is 0 Å². The van der Waals surface area contributed by atoms with E-state index in [1.807, 2.05) is 0 Å². The van der Waals surface area contributed by atoms with Crippen LogP contribution in [-0.2, 0) is 12.4 Å². The lowest BCUT2D eigenvalue weighted by atomic mass is 9.94. The molecule has 0 spiro atoms. The number of aliphatic hydroxyl groups is 1. The first-order chi connectivity index (χ1) is 20.5. The SMILES string of the molecule is OCC(NC(c1cccc(Oc2ccc(OC(F)(F)F)cc2)c1)c1ccc(C(F)(F)F)cc1F)c1cccc(C(F)(F)F)c1. The molecule has 0 saturated carbocycles. The van der Waals surface area contributed by atoms with E-state index in [2.05, 4.69) is 10.1 Å². The summed E-state index contributed by atoms with van der Waals surface area (Å²) in [6, 6.07) is 13.2. The summed E-state index contributed by atoms with van der Waals surface area (Å²) >= 11 is 0. The highest BCUT2D eigenvalue weighted by atomic mass is 19.4. The smallest absolute Gasteiger partial charge is 0.457 e. The van der Waals surface area contributed by atoms with Gasteiger partial charge in [0.15, 0.2) is 0 Å². The van der Waals surface area contributed by atoms with Gasteiger partial charge in [0.2, 0.25) is 0 Å². The van der Waals surface area contributed by atoms with Crippen LogP contribution in [-0.4, -0.2) is 18.1 Å². The molecule has 0 amide bonds. The van der Waals surface area contributed by atoms with Gasteiger partial charge in [-0.05, 0) is 71.8 Å². The first-order valence-corrected chi connectivity index (χ1v) is 12.6. The van der Waals surface area contributed by atoms with Crippen molar-refractivity contribution in [3.8, 4) is 17.2 Å². The van der Waals surface area contributed by atoms with Gasteiger partial charge in [-0.3, -0.25) is 5.32 Å². The predicted molar refractivity (Wildman–Crippen MR) is 137 cm³/mol. The van der Waals surface area contributed by atoms with Crippen molar-refractivity contribution in [2.45, 2.75) is 30.8 Å². The average Bonchev–Trinajstić information content (AvgIpc) is 2.94. The zero-order chi connectivity index (χ0) is 32.3. The molecule has 0 fully saturated rings. The van der Waals surface area contributed by atoms with E-state index in [9.17, 15) is 44.6 Å². The standard InChI is InChI=1S/C30H21F10NO3/c31-25-15-20(29(35,36)37)7-12-24(25)27(41-26(16-42)17-3-1-5-19(13-17)28(32,33)34)18-4-2-6-23(14-18)43-21-8-10-22(11-9-21)44-30(38,39)40/h1-15,26-27,41-42H,16H2. The molecule has 4 aromatic rings. The largest absolute Gasteiger partial charge is 0.573 e. The lowest BCUT2D eigenvalue weighted by Crippen LogP contribution is -2.30. The third-order valence-corrected chi connectivity index (χ3v) is 6.29. The van der Waals surface area contributed by atoms with Crippen LogP contribution in [0.25, 0.3) is 0 Å². The number of nitrogens with one attached hydrogen (secondary N) is 1. The number of hydrogen-bond donors (Lipinski definition) is 2. The zero-order valence-corrected chi connectivity index (χ0v) is 22.1. The Morgan fingerprint density at radius 3 is 1.82 bits per heavy atom. The van der Waals surface area contributed by atoms with Gasteiger partial charge in [0, 0.05) is 5.56 Å². The van der Waals surface area contributed by atoms with Crippen molar-refractivity contribution in [3.05, 3.63) is 125 Å². The topological polar surface area (TPSA) is 50.7 Å². The number of hydrogen-bond acceptors (Lipinski definition) is 4. The van der Waals surface area contributed by atoms with Crippen LogP contribution in [0.2, 0.25) is 0 Å². The number of aliphatic hydroxyl groups excluding tert-OH is 1. The van der Waals surface area contributed by atoms with Crippen LogP contribution in [0.5, 0.6) is 17.2 Å². The Kier molecular flexibility index (Phi) is 9.44. The molecular weight excluding hydrogens is 612 g/mol. The normalized spacial score (nSPS) is 13.8. The molecular formula is C30H21F10NO3. The molecule has 0 bridgehead atoms. The quantitative estimate of drug-likeness (QED) is 0.181. The predicted octanol–water partition coefficient (Wildman–Crippen LogP) is 8.97. The molecule has 2 atom stereocenters. The second-order valence-electron chi connectivity index (χ2n) is 9.39. The number of alkyl halides is 9. The Labute approximate surface area is 243 Å². The van der Waals surface area contributed by atoms with Crippen molar-refractivity contribution in [1.82, 2.24) is 5.32 Å². The fourth-order valence-corrected chi connectivity index (χ4v) is 4.29. The Balaban J connectivity index is 1.71. The molecule has 0 radical (unpaired) electrons. The summed E-state index contributed by atoms with van der Waals surface area (Å²) in [7, 11) is 0. The summed E-state index contributed by atoms with van der Waals surface area (Å²) in [5, 5.41) is 12.9. The lowest BCUT2D eigenvalue weighted by Gasteiger charge is -2.27. The summed E-state index contributed by atoms with van der Waals surface area (Å²) in [5.74, 6) is -1.65. The number of rotatable bonds is 9. The van der Waals surface area contributed by atoms with Crippen LogP contribution >= 0.6 is 0 Å². The van der Waals surface area contributed by atoms with Crippen molar-refractivity contribution in [2.24, 2.45) is 0 Å². The first-order valence-electron chi connectivity index (χ1n) is 12.6. The molecule has 4 rings (SSSR count). The lowest BCUT2D eigenvalue weighted by molar-refractivity contribution is -0.274. The van der Waals surface area contributed by atoms with E-state index in [0.717, 1.165) is 36.4 Å². The third-order valence-electron chi connectivity index (χ3n) is 6.29. The summed E-state index contributed by atoms with van der Waals surface area (Å²) in [6.07, 6.45) is -14.5. The second-order valence-corrected chi connectivity index (χ2v) is 9.39. The third kappa shape index (κ3) is 8.41. The summed E-state index contributed by atoms with van der Waals surface area (Å²) in [6.45, 7) is -0.775. The van der Waals surface area contributed by atoms with Gasteiger partial charge in [-0.2, -0.15) is 26.3 Å². The van der Waals surface area contributed by atoms with E-state index in [1.165, 1.54) is 42.5 Å². The van der Waals surface area contributed by atoms with Crippen molar-refractivity contribution < 1.29 is 58.5 Å². The number of halogens is 10. The maximum Gasteiger partial charge on any atom is 0.573 e. The molecule has 2 N–H and O–H groups in total. The van der Waals surface area contributed by atoms with E-state index < -0.39 is 60.1 Å². The summed E-state index contributed by atoms with van der Waals surface area (Å²) in [5.41, 5.74) is -2.48. The van der Waals surface area contributed by atoms with Crippen molar-refractivity contribution in [1.29, 1.82) is 0 Å². The van der Waals surface area contributed by atoms with Crippen LogP contribution in [0, 0.1) is 5.82 Å². The monoisotopic (exact) mass is 633 g/mol. The Morgan fingerprint density at radius 2 is 1.23 bits per heavy atom. The molecule has 44 heavy (non-hydrogen) atoms. The fourth-order valence-electron chi connectivity index (χ4n) is 4.29. The minimum absolute atomic E-state index is 0.0341. The van der Waals surface area contributed by atoms with E-state index in [4.69, 9.17) is 4.74 Å². The average molecular weight is 633 g/mol. The van der Waals surface area contributed by atoms with Gasteiger partial charge in [0.05, 0.1) is 29.8 Å². The molecule has 234 valence electrons. The van der Waals surface area contributed by atoms with E-state index in [1.54, 1.807) is 0 Å². The number of benzene rings is 4. The van der Waals surface area contributed by atoms with Crippen LogP contribution in [0.3, 0.4) is 0 Å². The van der Waals surface area contributed by atoms with Gasteiger partial charge in [-0.1, -0.05) is 30.3 Å². The van der Waals surface area contributed by atoms with Crippen molar-refractivity contribution in [3.63, 3.8) is 0 Å². The van der Waals surface area contributed by atoms with E-state index >= 15 is 4.39 Å². The Morgan fingerprint density at radius 1 is 0.636 bits per heavy atom. The maximum atomic E-state index is 15.2. The highest BCUT2D eigenvalue weighted by Gasteiger charge is 2.34. The second kappa shape index (κ2) is 12.7. The minimum Gasteiger partial charge on any atom is -0.457 e. The highest BCUT2D eigenvalue weighted by Crippen LogP contribution is 2.36. The molecule has 0 heterocycles. The van der Waals surface area contributed by atoms with Crippen LogP contribution in [0.4, 0.5) is 43.9 Å². The molecule has 0 aliphatic carbocycles. The molecule has 0 aromatic heterocycles. The van der Waals surface area contributed by atoms with Gasteiger partial charge in [0.25, 0.3) is 0 Å². The molecule has 0 saturated heterocycles. The molecule has 0 aliphatic rings. The van der Waals surface area contributed by atoms with Crippen LogP contribution in [0.15, 0.2) is 91.0 Å².